The van der Waals surface area contributed by atoms with Crippen LogP contribution in [0.3, 0.4) is 0 Å². The van der Waals surface area contributed by atoms with Crippen LogP contribution in [0.4, 0.5) is 11.5 Å². The summed E-state index contributed by atoms with van der Waals surface area (Å²) in [5.41, 5.74) is 12.6. The number of fused-ring (bicyclic) bond motifs is 1. The fourth-order valence-corrected chi connectivity index (χ4v) is 1.15. The Labute approximate surface area is 70.0 Å². The van der Waals surface area contributed by atoms with E-state index in [0.29, 0.717) is 11.5 Å². The zero-order chi connectivity index (χ0) is 8.55. The Hall–Kier alpha value is -1.77. The van der Waals surface area contributed by atoms with E-state index in [1.165, 1.54) is 0 Å². The highest BCUT2D eigenvalue weighted by Crippen LogP contribution is 2.18. The summed E-state index contributed by atoms with van der Waals surface area (Å²) in [4.78, 5) is 4.13. The predicted octanol–water partition coefficient (Wildman–Crippen LogP) is 1.40. The van der Waals surface area contributed by atoms with E-state index in [2.05, 4.69) is 4.98 Å². The molecular weight excluding hydrogens is 150 g/mol. The maximum absolute atomic E-state index is 5.60. The van der Waals surface area contributed by atoms with Crippen molar-refractivity contribution in [1.82, 2.24) is 4.98 Å². The highest BCUT2D eigenvalue weighted by Gasteiger charge is 1.98. The number of hydrogen-bond acceptors (Lipinski definition) is 3. The van der Waals surface area contributed by atoms with Gasteiger partial charge in [-0.25, -0.2) is 4.98 Å². The van der Waals surface area contributed by atoms with Crippen LogP contribution in [-0.2, 0) is 0 Å². The normalized spacial score (nSPS) is 10.3. The summed E-state index contributed by atoms with van der Waals surface area (Å²) in [6.45, 7) is 0. The quantitative estimate of drug-likeness (QED) is 0.610. The molecule has 1 aromatic heterocycles. The molecule has 0 saturated heterocycles. The van der Waals surface area contributed by atoms with Crippen LogP contribution in [-0.4, -0.2) is 4.98 Å². The van der Waals surface area contributed by atoms with E-state index in [0.717, 1.165) is 10.9 Å². The minimum absolute atomic E-state index is 0.397. The van der Waals surface area contributed by atoms with Gasteiger partial charge in [0.15, 0.2) is 0 Å². The average molecular weight is 159 g/mol. The maximum Gasteiger partial charge on any atom is 0.147 e. The van der Waals surface area contributed by atoms with Gasteiger partial charge in [-0.3, -0.25) is 0 Å². The minimum Gasteiger partial charge on any atom is -0.396 e. The molecule has 2 aromatic rings. The van der Waals surface area contributed by atoms with E-state index in [9.17, 15) is 0 Å². The number of nitrogens with zero attached hydrogens (tertiary/aromatic N) is 1. The van der Waals surface area contributed by atoms with E-state index >= 15 is 0 Å². The van der Waals surface area contributed by atoms with Crippen molar-refractivity contribution >= 4 is 22.4 Å². The molecule has 0 aliphatic carbocycles. The van der Waals surface area contributed by atoms with Crippen LogP contribution in [0.15, 0.2) is 30.3 Å². The van der Waals surface area contributed by atoms with Crippen LogP contribution in [0.25, 0.3) is 10.9 Å². The summed E-state index contributed by atoms with van der Waals surface area (Å²) in [6, 6.07) is 9.56. The molecule has 0 bridgehead atoms. The molecule has 3 nitrogen and oxygen atoms in total. The molecule has 12 heavy (non-hydrogen) atoms. The first kappa shape index (κ1) is 6.91. The molecular formula is C9H9N3. The van der Waals surface area contributed by atoms with Gasteiger partial charge in [0, 0.05) is 5.39 Å². The second kappa shape index (κ2) is 2.37. The van der Waals surface area contributed by atoms with E-state index in [-0.39, 0.29) is 0 Å². The topological polar surface area (TPSA) is 64.9 Å². The summed E-state index contributed by atoms with van der Waals surface area (Å²) in [6.07, 6.45) is 0. The van der Waals surface area contributed by atoms with Gasteiger partial charge < -0.3 is 11.5 Å². The van der Waals surface area contributed by atoms with Crippen molar-refractivity contribution in [3.05, 3.63) is 30.3 Å². The summed E-state index contributed by atoms with van der Waals surface area (Å²) in [5.74, 6) is 0.397. The van der Waals surface area contributed by atoms with Crippen molar-refractivity contribution < 1.29 is 0 Å². The standard InChI is InChI=1S/C9H9N3/c10-7-5-6-3-1-2-4-8(6)12-9(7)11/h1-5H,10H2,(H2,11,12). The van der Waals surface area contributed by atoms with Gasteiger partial charge in [-0.05, 0) is 12.1 Å². The summed E-state index contributed by atoms with van der Waals surface area (Å²) < 4.78 is 0. The molecule has 0 aliphatic heterocycles. The van der Waals surface area contributed by atoms with Crippen molar-refractivity contribution in [2.45, 2.75) is 0 Å². The van der Waals surface area contributed by atoms with Gasteiger partial charge in [0.1, 0.15) is 5.82 Å². The largest absolute Gasteiger partial charge is 0.396 e. The lowest BCUT2D eigenvalue weighted by Gasteiger charge is -2.01. The molecule has 0 atom stereocenters. The van der Waals surface area contributed by atoms with Gasteiger partial charge in [0.05, 0.1) is 11.2 Å². The monoisotopic (exact) mass is 159 g/mol. The van der Waals surface area contributed by atoms with Gasteiger partial charge >= 0.3 is 0 Å². The summed E-state index contributed by atoms with van der Waals surface area (Å²) in [7, 11) is 0. The number of nitrogen functional groups attached to an aromatic ring is 2. The molecule has 0 unspecified atom stereocenters. The van der Waals surface area contributed by atoms with Crippen LogP contribution >= 0.6 is 0 Å². The number of pyridine rings is 1. The summed E-state index contributed by atoms with van der Waals surface area (Å²) in [5, 5.41) is 1.02. The van der Waals surface area contributed by atoms with E-state index in [4.69, 9.17) is 11.5 Å². The Kier molecular flexibility index (Phi) is 1.37. The van der Waals surface area contributed by atoms with Crippen molar-refractivity contribution in [1.29, 1.82) is 0 Å². The number of anilines is 2. The van der Waals surface area contributed by atoms with Gasteiger partial charge in [0.2, 0.25) is 0 Å². The first-order chi connectivity index (χ1) is 5.77. The van der Waals surface area contributed by atoms with Crippen molar-refractivity contribution in [2.24, 2.45) is 0 Å². The average Bonchev–Trinajstić information content (AvgIpc) is 2.07. The molecule has 0 fully saturated rings. The van der Waals surface area contributed by atoms with Crippen LogP contribution in [0, 0.1) is 0 Å². The van der Waals surface area contributed by atoms with E-state index in [1.54, 1.807) is 0 Å². The zero-order valence-corrected chi connectivity index (χ0v) is 6.49. The Bertz CT molecular complexity index is 383. The van der Waals surface area contributed by atoms with Gasteiger partial charge in [-0.15, -0.1) is 0 Å². The predicted molar refractivity (Wildman–Crippen MR) is 50.6 cm³/mol. The number of benzene rings is 1. The smallest absolute Gasteiger partial charge is 0.147 e. The first-order valence-electron chi connectivity index (χ1n) is 3.68. The SMILES string of the molecule is Nc1cc2ccccc2nc1N. The lowest BCUT2D eigenvalue weighted by molar-refractivity contribution is 1.42. The van der Waals surface area contributed by atoms with Crippen molar-refractivity contribution in [3.63, 3.8) is 0 Å². The third kappa shape index (κ3) is 0.955. The van der Waals surface area contributed by atoms with E-state index < -0.39 is 0 Å². The number of nitrogens with two attached hydrogens (primary N) is 2. The molecule has 2 rings (SSSR count). The number of aromatic nitrogens is 1. The van der Waals surface area contributed by atoms with Crippen LogP contribution in [0.1, 0.15) is 0 Å². The first-order valence-corrected chi connectivity index (χ1v) is 3.68. The van der Waals surface area contributed by atoms with Crippen LogP contribution in [0.5, 0.6) is 0 Å². The molecule has 0 saturated carbocycles. The maximum atomic E-state index is 5.60. The van der Waals surface area contributed by atoms with Gasteiger partial charge in [-0.2, -0.15) is 0 Å². The molecule has 0 amide bonds. The number of hydrogen-bond donors (Lipinski definition) is 2. The highest BCUT2D eigenvalue weighted by molar-refractivity contribution is 5.85. The minimum atomic E-state index is 0.397. The molecule has 1 aromatic carbocycles. The molecule has 0 radical (unpaired) electrons. The Morgan fingerprint density at radius 1 is 1.08 bits per heavy atom. The highest BCUT2D eigenvalue weighted by atomic mass is 14.9. The Balaban J connectivity index is 2.84. The third-order valence-electron chi connectivity index (χ3n) is 1.78. The summed E-state index contributed by atoms with van der Waals surface area (Å²) >= 11 is 0. The van der Waals surface area contributed by atoms with Crippen molar-refractivity contribution in [2.75, 3.05) is 11.5 Å². The van der Waals surface area contributed by atoms with Gasteiger partial charge in [-0.1, -0.05) is 18.2 Å². The second-order valence-corrected chi connectivity index (χ2v) is 2.66. The second-order valence-electron chi connectivity index (χ2n) is 2.66. The lowest BCUT2D eigenvalue weighted by atomic mass is 10.2. The molecule has 4 N–H and O–H groups in total. The van der Waals surface area contributed by atoms with Crippen LogP contribution in [0.2, 0.25) is 0 Å². The lowest BCUT2D eigenvalue weighted by Crippen LogP contribution is -1.97. The van der Waals surface area contributed by atoms with E-state index in [1.807, 2.05) is 30.3 Å². The Morgan fingerprint density at radius 3 is 2.67 bits per heavy atom. The molecule has 0 aliphatic rings. The number of para-hydroxylation sites is 1. The third-order valence-corrected chi connectivity index (χ3v) is 1.78. The van der Waals surface area contributed by atoms with Gasteiger partial charge in [0.25, 0.3) is 0 Å². The number of rotatable bonds is 0. The molecule has 3 heteroatoms. The fourth-order valence-electron chi connectivity index (χ4n) is 1.15. The van der Waals surface area contributed by atoms with Crippen molar-refractivity contribution in [3.8, 4) is 0 Å². The zero-order valence-electron chi connectivity index (χ0n) is 6.49. The molecule has 1 heterocycles. The fraction of sp³-hybridized carbons (Fsp3) is 0. The molecule has 0 spiro atoms. The van der Waals surface area contributed by atoms with Crippen LogP contribution < -0.4 is 11.5 Å². The molecule has 60 valence electrons. The Morgan fingerprint density at radius 2 is 1.83 bits per heavy atom.